The molecule has 0 unspecified atom stereocenters. The first-order valence-electron chi connectivity index (χ1n) is 6.61. The Morgan fingerprint density at radius 3 is 2.17 bits per heavy atom. The van der Waals surface area contributed by atoms with Crippen molar-refractivity contribution in [3.8, 4) is 0 Å². The monoisotopic (exact) mass is 246 g/mol. The van der Waals surface area contributed by atoms with Crippen LogP contribution in [0.5, 0.6) is 0 Å². The number of aromatic nitrogens is 1. The van der Waals surface area contributed by atoms with E-state index >= 15 is 0 Å². The lowest BCUT2D eigenvalue weighted by atomic mass is 10.2. The van der Waals surface area contributed by atoms with Crippen LogP contribution in [-0.4, -0.2) is 10.7 Å². The van der Waals surface area contributed by atoms with E-state index < -0.39 is 0 Å². The molecule has 100 valence electrons. The highest BCUT2D eigenvalue weighted by Gasteiger charge is 1.97. The SMILES string of the molecule is CC.CC.C\C=C/N=C(\C=C/C)c1ccccn1. The molecule has 0 fully saturated rings. The summed E-state index contributed by atoms with van der Waals surface area (Å²) in [7, 11) is 0. The molecule has 0 N–H and O–H groups in total. The lowest BCUT2D eigenvalue weighted by Gasteiger charge is -1.97. The van der Waals surface area contributed by atoms with E-state index in [9.17, 15) is 0 Å². The van der Waals surface area contributed by atoms with Crippen LogP contribution in [-0.2, 0) is 0 Å². The zero-order valence-electron chi connectivity index (χ0n) is 12.5. The Hall–Kier alpha value is -1.70. The van der Waals surface area contributed by atoms with Gasteiger partial charge in [0.2, 0.25) is 0 Å². The van der Waals surface area contributed by atoms with Crippen LogP contribution < -0.4 is 0 Å². The number of allylic oxidation sites excluding steroid dienone is 3. The van der Waals surface area contributed by atoms with Gasteiger partial charge < -0.3 is 0 Å². The molecule has 0 saturated heterocycles. The average Bonchev–Trinajstić information content (AvgIpc) is 2.48. The third kappa shape index (κ3) is 8.45. The van der Waals surface area contributed by atoms with Gasteiger partial charge in [-0.1, -0.05) is 45.9 Å². The predicted octanol–water partition coefficient (Wildman–Crippen LogP) is 5.03. The minimum Gasteiger partial charge on any atom is -0.255 e. The van der Waals surface area contributed by atoms with Crippen molar-refractivity contribution in [2.24, 2.45) is 4.99 Å². The molecule has 0 spiro atoms. The van der Waals surface area contributed by atoms with Gasteiger partial charge in [0.05, 0.1) is 11.4 Å². The fourth-order valence-corrected chi connectivity index (χ4v) is 1.02. The number of rotatable bonds is 3. The summed E-state index contributed by atoms with van der Waals surface area (Å²) in [5.41, 5.74) is 1.77. The molecule has 1 aromatic rings. The van der Waals surface area contributed by atoms with Crippen LogP contribution in [0.4, 0.5) is 0 Å². The van der Waals surface area contributed by atoms with Crippen molar-refractivity contribution in [1.29, 1.82) is 0 Å². The highest BCUT2D eigenvalue weighted by atomic mass is 14.8. The van der Waals surface area contributed by atoms with Crippen molar-refractivity contribution in [2.75, 3.05) is 0 Å². The van der Waals surface area contributed by atoms with E-state index in [-0.39, 0.29) is 0 Å². The van der Waals surface area contributed by atoms with Gasteiger partial charge in [-0.25, -0.2) is 0 Å². The summed E-state index contributed by atoms with van der Waals surface area (Å²) >= 11 is 0. The molecule has 0 saturated carbocycles. The zero-order chi connectivity index (χ0) is 14.2. The van der Waals surface area contributed by atoms with E-state index in [0.29, 0.717) is 0 Å². The molecule has 1 heterocycles. The molecule has 0 aliphatic rings. The lowest BCUT2D eigenvalue weighted by molar-refractivity contribution is 1.29. The molecule has 2 nitrogen and oxygen atoms in total. The topological polar surface area (TPSA) is 25.2 Å². The second-order valence-corrected chi connectivity index (χ2v) is 2.71. The van der Waals surface area contributed by atoms with Crippen LogP contribution in [0.25, 0.3) is 0 Å². The Labute approximate surface area is 112 Å². The molecule has 1 aromatic heterocycles. The minimum absolute atomic E-state index is 0.881. The summed E-state index contributed by atoms with van der Waals surface area (Å²) < 4.78 is 0. The first-order chi connectivity index (χ1) is 8.88. The first-order valence-corrected chi connectivity index (χ1v) is 6.61. The Morgan fingerprint density at radius 2 is 1.72 bits per heavy atom. The second-order valence-electron chi connectivity index (χ2n) is 2.71. The number of hydrogen-bond acceptors (Lipinski definition) is 2. The number of aliphatic imine (C=N–C) groups is 1. The first kappa shape index (κ1) is 18.7. The zero-order valence-corrected chi connectivity index (χ0v) is 12.5. The van der Waals surface area contributed by atoms with E-state index in [0.717, 1.165) is 11.4 Å². The fourth-order valence-electron chi connectivity index (χ4n) is 1.02. The van der Waals surface area contributed by atoms with E-state index in [1.807, 2.05) is 78.0 Å². The predicted molar refractivity (Wildman–Crippen MR) is 83.1 cm³/mol. The third-order valence-corrected chi connectivity index (χ3v) is 1.61. The van der Waals surface area contributed by atoms with Crippen molar-refractivity contribution in [3.05, 3.63) is 54.5 Å². The van der Waals surface area contributed by atoms with Gasteiger partial charge in [-0.15, -0.1) is 0 Å². The number of hydrogen-bond donors (Lipinski definition) is 0. The summed E-state index contributed by atoms with van der Waals surface area (Å²) in [5, 5.41) is 0. The smallest absolute Gasteiger partial charge is 0.0885 e. The molecule has 0 aliphatic heterocycles. The molecule has 0 aromatic carbocycles. The standard InChI is InChI=1S/C12H14N2.2C2H6/c1-3-7-11(13-9-4-2)12-8-5-6-10-14-12;2*1-2/h3-10H,1-2H3;2*1-2H3/b7-3-,9-4-,13-11+;;. The molecule has 0 aliphatic carbocycles. The molecule has 0 bridgehead atoms. The van der Waals surface area contributed by atoms with Gasteiger partial charge in [-0.3, -0.25) is 9.98 Å². The van der Waals surface area contributed by atoms with Crippen LogP contribution in [0.2, 0.25) is 0 Å². The number of pyridine rings is 1. The Bertz CT molecular complexity index is 349. The molecular formula is C16H26N2. The van der Waals surface area contributed by atoms with Crippen LogP contribution in [0.15, 0.2) is 53.8 Å². The molecule has 2 heteroatoms. The van der Waals surface area contributed by atoms with Gasteiger partial charge in [0, 0.05) is 12.4 Å². The van der Waals surface area contributed by atoms with E-state index in [1.165, 1.54) is 0 Å². The van der Waals surface area contributed by atoms with Crippen LogP contribution in [0.3, 0.4) is 0 Å². The molecule has 1 rings (SSSR count). The van der Waals surface area contributed by atoms with Gasteiger partial charge >= 0.3 is 0 Å². The second kappa shape index (κ2) is 15.3. The van der Waals surface area contributed by atoms with Crippen molar-refractivity contribution < 1.29 is 0 Å². The number of nitrogens with zero attached hydrogens (tertiary/aromatic N) is 2. The van der Waals surface area contributed by atoms with E-state index in [2.05, 4.69) is 9.98 Å². The third-order valence-electron chi connectivity index (χ3n) is 1.61. The van der Waals surface area contributed by atoms with Crippen LogP contribution in [0, 0.1) is 0 Å². The van der Waals surface area contributed by atoms with Gasteiger partial charge in [-0.2, -0.15) is 0 Å². The van der Waals surface area contributed by atoms with Crippen molar-refractivity contribution in [2.45, 2.75) is 41.5 Å². The summed E-state index contributed by atoms with van der Waals surface area (Å²) in [6, 6.07) is 5.80. The van der Waals surface area contributed by atoms with Crippen molar-refractivity contribution >= 4 is 5.71 Å². The van der Waals surface area contributed by atoms with Gasteiger partial charge in [0.1, 0.15) is 0 Å². The molecule has 0 atom stereocenters. The Morgan fingerprint density at radius 1 is 1.06 bits per heavy atom. The quantitative estimate of drug-likeness (QED) is 0.686. The summed E-state index contributed by atoms with van der Waals surface area (Å²) in [4.78, 5) is 8.52. The van der Waals surface area contributed by atoms with Crippen LogP contribution >= 0.6 is 0 Å². The molecule has 18 heavy (non-hydrogen) atoms. The van der Waals surface area contributed by atoms with E-state index in [1.54, 1.807) is 12.4 Å². The van der Waals surface area contributed by atoms with Gasteiger partial charge in [0.15, 0.2) is 0 Å². The average molecular weight is 246 g/mol. The fraction of sp³-hybridized carbons (Fsp3) is 0.375. The maximum absolute atomic E-state index is 4.29. The Balaban J connectivity index is 0. The summed E-state index contributed by atoms with van der Waals surface area (Å²) in [6.45, 7) is 11.9. The Kier molecular flexibility index (Phi) is 15.9. The summed E-state index contributed by atoms with van der Waals surface area (Å²) in [5.74, 6) is 0. The lowest BCUT2D eigenvalue weighted by Crippen LogP contribution is -1.98. The largest absolute Gasteiger partial charge is 0.255 e. The molecule has 0 radical (unpaired) electrons. The van der Waals surface area contributed by atoms with Crippen LogP contribution in [0.1, 0.15) is 47.2 Å². The highest BCUT2D eigenvalue weighted by Crippen LogP contribution is 1.99. The van der Waals surface area contributed by atoms with Crippen molar-refractivity contribution in [3.63, 3.8) is 0 Å². The minimum atomic E-state index is 0.881. The molecule has 0 amide bonds. The van der Waals surface area contributed by atoms with Crippen molar-refractivity contribution in [1.82, 2.24) is 4.98 Å². The normalized spacial score (nSPS) is 10.7. The maximum Gasteiger partial charge on any atom is 0.0885 e. The van der Waals surface area contributed by atoms with E-state index in [4.69, 9.17) is 0 Å². The molecular weight excluding hydrogens is 220 g/mol. The van der Waals surface area contributed by atoms with Gasteiger partial charge in [0.25, 0.3) is 0 Å². The highest BCUT2D eigenvalue weighted by molar-refractivity contribution is 6.07. The van der Waals surface area contributed by atoms with Gasteiger partial charge in [-0.05, 0) is 32.1 Å². The summed E-state index contributed by atoms with van der Waals surface area (Å²) in [6.07, 6.45) is 9.33. The maximum atomic E-state index is 4.29.